The van der Waals surface area contributed by atoms with E-state index in [4.69, 9.17) is 9.15 Å². The summed E-state index contributed by atoms with van der Waals surface area (Å²) in [5.41, 5.74) is 1.54. The number of esters is 1. The van der Waals surface area contributed by atoms with E-state index in [1.165, 1.54) is 24.3 Å². The first-order valence-electron chi connectivity index (χ1n) is 7.78. The standard InChI is InChI=1S/C18H15FN2O5/c19-13-7-5-12(6-8-13)9-20-16(22)11-25-17(23)10-21-14-3-1-2-4-15(14)26-18(21)24/h1-8H,9-11H2,(H,20,22). The zero-order valence-corrected chi connectivity index (χ0v) is 13.6. The molecule has 2 aromatic carbocycles. The van der Waals surface area contributed by atoms with E-state index < -0.39 is 24.2 Å². The van der Waals surface area contributed by atoms with E-state index in [2.05, 4.69) is 5.32 Å². The quantitative estimate of drug-likeness (QED) is 0.676. The van der Waals surface area contributed by atoms with E-state index in [-0.39, 0.29) is 18.9 Å². The second-order valence-corrected chi connectivity index (χ2v) is 5.49. The number of para-hydroxylation sites is 2. The molecular weight excluding hydrogens is 343 g/mol. The van der Waals surface area contributed by atoms with Crippen molar-refractivity contribution in [1.82, 2.24) is 9.88 Å². The third-order valence-electron chi connectivity index (χ3n) is 3.63. The number of benzene rings is 2. The summed E-state index contributed by atoms with van der Waals surface area (Å²) >= 11 is 0. The number of nitrogens with zero attached hydrogens (tertiary/aromatic N) is 1. The van der Waals surface area contributed by atoms with Crippen molar-refractivity contribution in [3.63, 3.8) is 0 Å². The van der Waals surface area contributed by atoms with Crippen molar-refractivity contribution in [3.05, 3.63) is 70.5 Å². The number of ether oxygens (including phenoxy) is 1. The van der Waals surface area contributed by atoms with Gasteiger partial charge in [0.1, 0.15) is 12.4 Å². The fourth-order valence-electron chi connectivity index (χ4n) is 2.34. The zero-order chi connectivity index (χ0) is 18.5. The Labute approximate surface area is 147 Å². The Kier molecular flexibility index (Phi) is 5.12. The normalized spacial score (nSPS) is 10.7. The van der Waals surface area contributed by atoms with Crippen LogP contribution >= 0.6 is 0 Å². The number of nitrogens with one attached hydrogen (secondary N) is 1. The molecule has 0 atom stereocenters. The van der Waals surface area contributed by atoms with Gasteiger partial charge in [0.15, 0.2) is 12.2 Å². The second kappa shape index (κ2) is 7.64. The van der Waals surface area contributed by atoms with Crippen molar-refractivity contribution in [2.45, 2.75) is 13.1 Å². The Morgan fingerprint density at radius 1 is 1.12 bits per heavy atom. The van der Waals surface area contributed by atoms with E-state index >= 15 is 0 Å². The van der Waals surface area contributed by atoms with Gasteiger partial charge < -0.3 is 14.5 Å². The van der Waals surface area contributed by atoms with E-state index in [0.29, 0.717) is 16.7 Å². The molecule has 8 heteroatoms. The Morgan fingerprint density at radius 2 is 1.85 bits per heavy atom. The molecule has 0 aliphatic rings. The molecule has 7 nitrogen and oxygen atoms in total. The third kappa shape index (κ3) is 4.15. The molecule has 0 saturated carbocycles. The summed E-state index contributed by atoms with van der Waals surface area (Å²) in [6, 6.07) is 12.3. The summed E-state index contributed by atoms with van der Waals surface area (Å²) < 4.78 is 23.8. The minimum atomic E-state index is -0.740. The molecule has 1 N–H and O–H groups in total. The van der Waals surface area contributed by atoms with Crippen molar-refractivity contribution in [2.75, 3.05) is 6.61 Å². The number of fused-ring (bicyclic) bond motifs is 1. The number of rotatable bonds is 6. The number of oxazole rings is 1. The number of carbonyl (C=O) groups excluding carboxylic acids is 2. The highest BCUT2D eigenvalue weighted by Crippen LogP contribution is 2.11. The summed E-state index contributed by atoms with van der Waals surface area (Å²) in [6.45, 7) is -0.659. The molecule has 1 aromatic heterocycles. The van der Waals surface area contributed by atoms with Crippen LogP contribution in [0.2, 0.25) is 0 Å². The number of amides is 1. The first-order chi connectivity index (χ1) is 12.5. The minimum absolute atomic E-state index is 0.183. The van der Waals surface area contributed by atoms with Crippen molar-refractivity contribution in [3.8, 4) is 0 Å². The van der Waals surface area contributed by atoms with Crippen LogP contribution in [0.5, 0.6) is 0 Å². The predicted molar refractivity (Wildman–Crippen MR) is 89.7 cm³/mol. The molecule has 134 valence electrons. The van der Waals surface area contributed by atoms with Gasteiger partial charge in [-0.25, -0.2) is 9.18 Å². The number of halogens is 1. The topological polar surface area (TPSA) is 90.5 Å². The zero-order valence-electron chi connectivity index (χ0n) is 13.6. The Morgan fingerprint density at radius 3 is 2.62 bits per heavy atom. The first-order valence-corrected chi connectivity index (χ1v) is 7.78. The van der Waals surface area contributed by atoms with Crippen molar-refractivity contribution in [2.24, 2.45) is 0 Å². The summed E-state index contributed by atoms with van der Waals surface area (Å²) in [6.07, 6.45) is 0. The van der Waals surface area contributed by atoms with Crippen molar-refractivity contribution in [1.29, 1.82) is 0 Å². The van der Waals surface area contributed by atoms with Crippen LogP contribution in [0.1, 0.15) is 5.56 Å². The highest BCUT2D eigenvalue weighted by atomic mass is 19.1. The summed E-state index contributed by atoms with van der Waals surface area (Å²) in [5.74, 6) is -2.29. The van der Waals surface area contributed by atoms with Crippen molar-refractivity contribution >= 4 is 23.0 Å². The van der Waals surface area contributed by atoms with Crippen LogP contribution in [0.4, 0.5) is 4.39 Å². The molecule has 1 heterocycles. The predicted octanol–water partition coefficient (Wildman–Crippen LogP) is 1.59. The molecule has 0 aliphatic heterocycles. The van der Waals surface area contributed by atoms with Gasteiger partial charge in [0.2, 0.25) is 0 Å². The van der Waals surface area contributed by atoms with E-state index in [1.54, 1.807) is 24.3 Å². The SMILES string of the molecule is O=C(COC(=O)Cn1c(=O)oc2ccccc21)NCc1ccc(F)cc1. The number of hydrogen-bond acceptors (Lipinski definition) is 5. The first kappa shape index (κ1) is 17.4. The van der Waals surface area contributed by atoms with Crippen molar-refractivity contribution < 1.29 is 23.1 Å². The van der Waals surface area contributed by atoms with E-state index in [9.17, 15) is 18.8 Å². The van der Waals surface area contributed by atoms with Gasteiger partial charge in [0.25, 0.3) is 5.91 Å². The van der Waals surface area contributed by atoms with Crippen LogP contribution < -0.4 is 11.1 Å². The molecule has 0 bridgehead atoms. The van der Waals surface area contributed by atoms with Crippen LogP contribution in [-0.4, -0.2) is 23.1 Å². The molecule has 0 unspecified atom stereocenters. The maximum atomic E-state index is 12.8. The smallest absolute Gasteiger partial charge is 0.420 e. The summed E-state index contributed by atoms with van der Waals surface area (Å²) in [4.78, 5) is 35.4. The molecule has 26 heavy (non-hydrogen) atoms. The molecular formula is C18H15FN2O5. The maximum Gasteiger partial charge on any atom is 0.420 e. The lowest BCUT2D eigenvalue weighted by atomic mass is 10.2. The number of hydrogen-bond donors (Lipinski definition) is 1. The summed E-state index contributed by atoms with van der Waals surface area (Å²) in [7, 11) is 0. The van der Waals surface area contributed by atoms with Gasteiger partial charge in [-0.2, -0.15) is 0 Å². The molecule has 3 rings (SSSR count). The van der Waals surface area contributed by atoms with Crippen LogP contribution in [-0.2, 0) is 27.4 Å². The van der Waals surface area contributed by atoms with Gasteiger partial charge in [0.05, 0.1) is 5.52 Å². The highest BCUT2D eigenvalue weighted by molar-refractivity contribution is 5.81. The fourth-order valence-corrected chi connectivity index (χ4v) is 2.34. The van der Waals surface area contributed by atoms with Gasteiger partial charge in [-0.3, -0.25) is 14.2 Å². The molecule has 1 amide bonds. The van der Waals surface area contributed by atoms with Crippen LogP contribution in [0, 0.1) is 5.82 Å². The Hall–Kier alpha value is -3.42. The average Bonchev–Trinajstić information content (AvgIpc) is 2.95. The molecule has 0 fully saturated rings. The van der Waals surface area contributed by atoms with Gasteiger partial charge in [-0.05, 0) is 29.8 Å². The number of aromatic nitrogens is 1. The van der Waals surface area contributed by atoms with Gasteiger partial charge in [-0.15, -0.1) is 0 Å². The van der Waals surface area contributed by atoms with E-state index in [1.807, 2.05) is 0 Å². The van der Waals surface area contributed by atoms with Crippen LogP contribution in [0.3, 0.4) is 0 Å². The largest absolute Gasteiger partial charge is 0.454 e. The Balaban J connectivity index is 1.50. The van der Waals surface area contributed by atoms with E-state index in [0.717, 1.165) is 4.57 Å². The van der Waals surface area contributed by atoms with Crippen LogP contribution in [0.15, 0.2) is 57.7 Å². The molecule has 3 aromatic rings. The maximum absolute atomic E-state index is 12.8. The Bertz CT molecular complexity index is 991. The minimum Gasteiger partial charge on any atom is -0.454 e. The lowest BCUT2D eigenvalue weighted by molar-refractivity contribution is -0.149. The molecule has 0 spiro atoms. The molecule has 0 saturated heterocycles. The van der Waals surface area contributed by atoms with Gasteiger partial charge >= 0.3 is 11.7 Å². The lowest BCUT2D eigenvalue weighted by Gasteiger charge is -2.07. The highest BCUT2D eigenvalue weighted by Gasteiger charge is 2.14. The third-order valence-corrected chi connectivity index (χ3v) is 3.63. The summed E-state index contributed by atoms with van der Waals surface area (Å²) in [5, 5.41) is 2.55. The monoisotopic (exact) mass is 358 g/mol. The van der Waals surface area contributed by atoms with Gasteiger partial charge in [0, 0.05) is 6.54 Å². The fraction of sp³-hybridized carbons (Fsp3) is 0.167. The number of carbonyl (C=O) groups is 2. The van der Waals surface area contributed by atoms with Crippen LogP contribution in [0.25, 0.3) is 11.1 Å². The lowest BCUT2D eigenvalue weighted by Crippen LogP contribution is -2.30. The molecule has 0 aliphatic carbocycles. The molecule has 0 radical (unpaired) electrons. The second-order valence-electron chi connectivity index (χ2n) is 5.49. The van der Waals surface area contributed by atoms with Gasteiger partial charge in [-0.1, -0.05) is 24.3 Å². The average molecular weight is 358 g/mol.